The van der Waals surface area contributed by atoms with E-state index in [-0.39, 0.29) is 11.5 Å². The zero-order valence-corrected chi connectivity index (χ0v) is 11.7. The molecule has 2 heterocycles. The van der Waals surface area contributed by atoms with Crippen LogP contribution in [0.25, 0.3) is 0 Å². The highest BCUT2D eigenvalue weighted by Gasteiger charge is 2.41. The second kappa shape index (κ2) is 4.66. The molecule has 1 aliphatic heterocycles. The van der Waals surface area contributed by atoms with Crippen LogP contribution in [0.4, 0.5) is 0 Å². The standard InChI is InChI=1S/C12H20N2O3S/c1-3-10(2)14-6-4-11(13-14)8-12(15)5-7-18(16,17)9-12/h4,6,10,15H,3,5,7-9H2,1-2H3. The predicted octanol–water partition coefficient (Wildman–Crippen LogP) is 0.946. The van der Waals surface area contributed by atoms with Crippen molar-refractivity contribution in [1.82, 2.24) is 9.78 Å². The van der Waals surface area contributed by atoms with Gasteiger partial charge >= 0.3 is 0 Å². The maximum absolute atomic E-state index is 11.4. The molecule has 0 bridgehead atoms. The molecule has 0 aromatic carbocycles. The molecular weight excluding hydrogens is 252 g/mol. The van der Waals surface area contributed by atoms with Gasteiger partial charge in [0, 0.05) is 18.7 Å². The van der Waals surface area contributed by atoms with Gasteiger partial charge in [0.1, 0.15) is 0 Å². The van der Waals surface area contributed by atoms with Gasteiger partial charge in [-0.3, -0.25) is 4.68 Å². The molecule has 2 atom stereocenters. The number of hydrogen-bond acceptors (Lipinski definition) is 4. The van der Waals surface area contributed by atoms with Crippen molar-refractivity contribution >= 4 is 9.84 Å². The Balaban J connectivity index is 2.08. The molecule has 1 fully saturated rings. The van der Waals surface area contributed by atoms with Crippen molar-refractivity contribution in [2.45, 2.75) is 44.8 Å². The van der Waals surface area contributed by atoms with Crippen LogP contribution in [0, 0.1) is 0 Å². The average Bonchev–Trinajstić information content (AvgIpc) is 2.83. The molecule has 6 heteroatoms. The van der Waals surface area contributed by atoms with Crippen LogP contribution in [-0.2, 0) is 16.3 Å². The first-order chi connectivity index (χ1) is 8.34. The van der Waals surface area contributed by atoms with Crippen molar-refractivity contribution in [3.05, 3.63) is 18.0 Å². The van der Waals surface area contributed by atoms with E-state index in [0.717, 1.165) is 12.1 Å². The van der Waals surface area contributed by atoms with Crippen molar-refractivity contribution < 1.29 is 13.5 Å². The van der Waals surface area contributed by atoms with Crippen LogP contribution in [0.3, 0.4) is 0 Å². The second-order valence-electron chi connectivity index (χ2n) is 5.29. The van der Waals surface area contributed by atoms with E-state index in [9.17, 15) is 13.5 Å². The van der Waals surface area contributed by atoms with Gasteiger partial charge in [-0.2, -0.15) is 5.10 Å². The van der Waals surface area contributed by atoms with Gasteiger partial charge in [-0.1, -0.05) is 6.92 Å². The van der Waals surface area contributed by atoms with Crippen molar-refractivity contribution in [3.63, 3.8) is 0 Å². The Labute approximate surface area is 108 Å². The molecule has 18 heavy (non-hydrogen) atoms. The molecule has 1 aliphatic rings. The minimum absolute atomic E-state index is 0.0789. The molecule has 1 saturated heterocycles. The lowest BCUT2D eigenvalue weighted by molar-refractivity contribution is 0.0669. The Morgan fingerprint density at radius 3 is 2.89 bits per heavy atom. The Kier molecular flexibility index (Phi) is 3.51. The van der Waals surface area contributed by atoms with Gasteiger partial charge in [0.25, 0.3) is 0 Å². The third-order valence-corrected chi connectivity index (χ3v) is 5.39. The fourth-order valence-electron chi connectivity index (χ4n) is 2.28. The summed E-state index contributed by atoms with van der Waals surface area (Å²) in [6.07, 6.45) is 3.50. The first-order valence-corrected chi connectivity index (χ1v) is 8.12. The summed E-state index contributed by atoms with van der Waals surface area (Å²) in [7, 11) is -3.07. The lowest BCUT2D eigenvalue weighted by Gasteiger charge is -2.19. The van der Waals surface area contributed by atoms with E-state index in [0.29, 0.717) is 18.9 Å². The fraction of sp³-hybridized carbons (Fsp3) is 0.750. The topological polar surface area (TPSA) is 72.2 Å². The van der Waals surface area contributed by atoms with E-state index in [4.69, 9.17) is 0 Å². The summed E-state index contributed by atoms with van der Waals surface area (Å²) in [5.74, 6) is -0.0637. The molecule has 0 aliphatic carbocycles. The Hall–Kier alpha value is -0.880. The molecule has 2 rings (SSSR count). The summed E-state index contributed by atoms with van der Waals surface area (Å²) in [6, 6.07) is 2.18. The zero-order valence-electron chi connectivity index (χ0n) is 10.8. The first-order valence-electron chi connectivity index (χ1n) is 6.30. The highest BCUT2D eigenvalue weighted by atomic mass is 32.2. The number of rotatable bonds is 4. The molecule has 1 N–H and O–H groups in total. The maximum atomic E-state index is 11.4. The quantitative estimate of drug-likeness (QED) is 0.885. The number of aromatic nitrogens is 2. The van der Waals surface area contributed by atoms with Gasteiger partial charge in [0.05, 0.1) is 22.8 Å². The fourth-order valence-corrected chi connectivity index (χ4v) is 4.18. The molecule has 1 aromatic heterocycles. The summed E-state index contributed by atoms with van der Waals surface area (Å²) < 4.78 is 24.7. The van der Waals surface area contributed by atoms with Gasteiger partial charge in [-0.15, -0.1) is 0 Å². The van der Waals surface area contributed by atoms with E-state index in [2.05, 4.69) is 18.9 Å². The molecular formula is C12H20N2O3S. The van der Waals surface area contributed by atoms with Crippen molar-refractivity contribution in [1.29, 1.82) is 0 Å². The number of nitrogens with zero attached hydrogens (tertiary/aromatic N) is 2. The van der Waals surface area contributed by atoms with Gasteiger partial charge in [-0.25, -0.2) is 8.42 Å². The predicted molar refractivity (Wildman–Crippen MR) is 69.2 cm³/mol. The number of aliphatic hydroxyl groups is 1. The largest absolute Gasteiger partial charge is 0.388 e. The van der Waals surface area contributed by atoms with Crippen LogP contribution in [0.15, 0.2) is 12.3 Å². The molecule has 0 spiro atoms. The van der Waals surface area contributed by atoms with E-state index in [1.165, 1.54) is 0 Å². The van der Waals surface area contributed by atoms with E-state index < -0.39 is 15.4 Å². The van der Waals surface area contributed by atoms with Crippen LogP contribution < -0.4 is 0 Å². The molecule has 102 valence electrons. The van der Waals surface area contributed by atoms with E-state index in [1.54, 1.807) is 0 Å². The summed E-state index contributed by atoms with van der Waals surface area (Å²) in [6.45, 7) is 4.16. The Morgan fingerprint density at radius 1 is 1.61 bits per heavy atom. The van der Waals surface area contributed by atoms with Crippen molar-refractivity contribution in [2.24, 2.45) is 0 Å². The third-order valence-electron chi connectivity index (χ3n) is 3.58. The van der Waals surface area contributed by atoms with Gasteiger partial charge < -0.3 is 5.11 Å². The van der Waals surface area contributed by atoms with E-state index >= 15 is 0 Å². The minimum Gasteiger partial charge on any atom is -0.388 e. The molecule has 1 aromatic rings. The summed E-state index contributed by atoms with van der Waals surface area (Å²) in [5, 5.41) is 14.7. The van der Waals surface area contributed by atoms with Crippen LogP contribution in [0.2, 0.25) is 0 Å². The monoisotopic (exact) mass is 272 g/mol. The summed E-state index contributed by atoms with van der Waals surface area (Å²) in [4.78, 5) is 0. The van der Waals surface area contributed by atoms with E-state index in [1.807, 2.05) is 16.9 Å². The third kappa shape index (κ3) is 2.92. The molecule has 0 amide bonds. The van der Waals surface area contributed by atoms with Gasteiger partial charge in [0.15, 0.2) is 9.84 Å². The number of sulfone groups is 1. The highest BCUT2D eigenvalue weighted by molar-refractivity contribution is 7.91. The smallest absolute Gasteiger partial charge is 0.153 e. The first kappa shape index (κ1) is 13.5. The van der Waals surface area contributed by atoms with Crippen LogP contribution in [0.5, 0.6) is 0 Å². The number of hydrogen-bond donors (Lipinski definition) is 1. The Bertz CT molecular complexity index is 523. The summed E-state index contributed by atoms with van der Waals surface area (Å²) >= 11 is 0. The average molecular weight is 272 g/mol. The highest BCUT2D eigenvalue weighted by Crippen LogP contribution is 2.27. The zero-order chi connectivity index (χ0) is 13.4. The lowest BCUT2D eigenvalue weighted by Crippen LogP contribution is -2.32. The van der Waals surface area contributed by atoms with Crippen LogP contribution in [-0.4, -0.2) is 40.4 Å². The maximum Gasteiger partial charge on any atom is 0.153 e. The van der Waals surface area contributed by atoms with Crippen molar-refractivity contribution in [2.75, 3.05) is 11.5 Å². The van der Waals surface area contributed by atoms with Gasteiger partial charge in [0.2, 0.25) is 0 Å². The normalized spacial score (nSPS) is 28.4. The summed E-state index contributed by atoms with van der Waals surface area (Å²) in [5.41, 5.74) is -0.372. The SMILES string of the molecule is CCC(C)n1ccc(CC2(O)CCS(=O)(=O)C2)n1. The Morgan fingerprint density at radius 2 is 2.33 bits per heavy atom. The molecule has 2 unspecified atom stereocenters. The lowest BCUT2D eigenvalue weighted by atomic mass is 9.97. The molecule has 0 radical (unpaired) electrons. The molecule has 5 nitrogen and oxygen atoms in total. The minimum atomic E-state index is -3.07. The van der Waals surface area contributed by atoms with Crippen LogP contribution in [0.1, 0.15) is 38.4 Å². The molecule has 0 saturated carbocycles. The van der Waals surface area contributed by atoms with Crippen LogP contribution >= 0.6 is 0 Å². The second-order valence-corrected chi connectivity index (χ2v) is 7.47. The van der Waals surface area contributed by atoms with Crippen molar-refractivity contribution in [3.8, 4) is 0 Å². The van der Waals surface area contributed by atoms with Gasteiger partial charge in [-0.05, 0) is 25.8 Å².